The number of Topliss-reactive ketones (excluding diaryl/α,β-unsaturated/α-hetero) is 1. The summed E-state index contributed by atoms with van der Waals surface area (Å²) in [6.07, 6.45) is 0. The largest absolute Gasteiger partial charge is 0.301 e. The molecular weight excluding hydrogens is 422 g/mol. The van der Waals surface area contributed by atoms with Gasteiger partial charge >= 0.3 is 0 Å². The van der Waals surface area contributed by atoms with E-state index in [0.717, 1.165) is 9.01 Å². The van der Waals surface area contributed by atoms with Gasteiger partial charge in [-0.05, 0) is 37.3 Å². The van der Waals surface area contributed by atoms with E-state index in [4.69, 9.17) is 11.6 Å². The van der Waals surface area contributed by atoms with E-state index in [-0.39, 0.29) is 17.2 Å². The number of ketones is 1. The molecule has 3 rings (SSSR count). The Morgan fingerprint density at radius 1 is 1.18 bits per heavy atom. The van der Waals surface area contributed by atoms with Crippen molar-refractivity contribution in [2.45, 2.75) is 11.8 Å². The lowest BCUT2D eigenvalue weighted by atomic mass is 10.2. The number of benzene rings is 2. The van der Waals surface area contributed by atoms with E-state index in [9.17, 15) is 18.0 Å². The van der Waals surface area contributed by atoms with Gasteiger partial charge in [-0.15, -0.1) is 0 Å². The van der Waals surface area contributed by atoms with Crippen LogP contribution in [0.4, 0.5) is 5.13 Å². The van der Waals surface area contributed by atoms with Crippen molar-refractivity contribution in [3.8, 4) is 0 Å². The molecule has 0 saturated carbocycles. The predicted octanol–water partition coefficient (Wildman–Crippen LogP) is 3.41. The summed E-state index contributed by atoms with van der Waals surface area (Å²) >= 11 is 7.19. The molecule has 0 bridgehead atoms. The summed E-state index contributed by atoms with van der Waals surface area (Å²) in [6.45, 7) is 1.02. The van der Waals surface area contributed by atoms with E-state index >= 15 is 0 Å². The maximum Gasteiger partial charge on any atom is 0.243 e. The first-order valence-electron chi connectivity index (χ1n) is 8.10. The highest BCUT2D eigenvalue weighted by Crippen LogP contribution is 2.28. The third-order valence-corrected chi connectivity index (χ3v) is 6.92. The molecule has 0 radical (unpaired) electrons. The molecule has 1 heterocycles. The molecular formula is C18H16ClN3O4S2. The van der Waals surface area contributed by atoms with Crippen molar-refractivity contribution in [2.75, 3.05) is 18.9 Å². The zero-order valence-corrected chi connectivity index (χ0v) is 17.4. The number of carbonyl (C=O) groups excluding carboxylic acids is 2. The fourth-order valence-electron chi connectivity index (χ4n) is 2.44. The number of nitrogens with one attached hydrogen (secondary N) is 1. The second-order valence-electron chi connectivity index (χ2n) is 6.02. The number of anilines is 1. The summed E-state index contributed by atoms with van der Waals surface area (Å²) in [5.74, 6) is -0.676. The van der Waals surface area contributed by atoms with E-state index in [1.165, 1.54) is 49.6 Å². The number of likely N-dealkylation sites (N-methyl/N-ethyl adjacent to an activating group) is 1. The standard InChI is InChI=1S/C18H16ClN3O4S2/c1-11(23)12-3-6-14(7-4-12)28(25,26)22(2)10-17(24)21-18-20-15-8-5-13(19)9-16(15)27-18/h3-9H,10H2,1-2H3,(H,20,21,24). The Morgan fingerprint density at radius 2 is 1.86 bits per heavy atom. The molecule has 1 amide bonds. The van der Waals surface area contributed by atoms with Gasteiger partial charge in [0.25, 0.3) is 0 Å². The van der Waals surface area contributed by atoms with Crippen molar-refractivity contribution in [1.29, 1.82) is 0 Å². The normalized spacial score (nSPS) is 11.7. The van der Waals surface area contributed by atoms with Gasteiger partial charge < -0.3 is 5.32 Å². The van der Waals surface area contributed by atoms with Crippen LogP contribution >= 0.6 is 22.9 Å². The van der Waals surface area contributed by atoms with Gasteiger partial charge in [0.15, 0.2) is 10.9 Å². The van der Waals surface area contributed by atoms with Gasteiger partial charge in [0, 0.05) is 17.6 Å². The van der Waals surface area contributed by atoms with E-state index in [1.54, 1.807) is 18.2 Å². The molecule has 3 aromatic rings. The lowest BCUT2D eigenvalue weighted by molar-refractivity contribution is -0.116. The van der Waals surface area contributed by atoms with Gasteiger partial charge in [-0.25, -0.2) is 13.4 Å². The summed E-state index contributed by atoms with van der Waals surface area (Å²) in [4.78, 5) is 27.9. The lowest BCUT2D eigenvalue weighted by Gasteiger charge is -2.16. The number of halogens is 1. The number of sulfonamides is 1. The Morgan fingerprint density at radius 3 is 2.50 bits per heavy atom. The second-order valence-corrected chi connectivity index (χ2v) is 9.53. The zero-order valence-electron chi connectivity index (χ0n) is 15.0. The first-order valence-corrected chi connectivity index (χ1v) is 10.7. The average molecular weight is 438 g/mol. The number of thiazole rings is 1. The molecule has 0 saturated heterocycles. The number of carbonyl (C=O) groups is 2. The van der Waals surface area contributed by atoms with Crippen molar-refractivity contribution in [2.24, 2.45) is 0 Å². The number of rotatable bonds is 6. The number of hydrogen-bond donors (Lipinski definition) is 1. The Kier molecular flexibility index (Phi) is 5.80. The SMILES string of the molecule is CC(=O)c1ccc(S(=O)(=O)N(C)CC(=O)Nc2nc3ccc(Cl)cc3s2)cc1. The molecule has 1 aromatic heterocycles. The summed E-state index contributed by atoms with van der Waals surface area (Å²) in [5, 5.41) is 3.53. The van der Waals surface area contributed by atoms with Gasteiger partial charge in [0.05, 0.1) is 21.7 Å². The quantitative estimate of drug-likeness (QED) is 0.596. The monoisotopic (exact) mass is 437 g/mol. The molecule has 7 nitrogen and oxygen atoms in total. The summed E-state index contributed by atoms with van der Waals surface area (Å²) in [6, 6.07) is 10.8. The summed E-state index contributed by atoms with van der Waals surface area (Å²) in [7, 11) is -2.56. The Bertz CT molecular complexity index is 1160. The van der Waals surface area contributed by atoms with Crippen molar-refractivity contribution >= 4 is 60.0 Å². The van der Waals surface area contributed by atoms with Crippen LogP contribution in [0, 0.1) is 0 Å². The molecule has 0 aliphatic rings. The molecule has 28 heavy (non-hydrogen) atoms. The number of fused-ring (bicyclic) bond motifs is 1. The molecule has 0 aliphatic carbocycles. The minimum Gasteiger partial charge on any atom is -0.301 e. The number of nitrogens with zero attached hydrogens (tertiary/aromatic N) is 2. The van der Waals surface area contributed by atoms with E-state index in [1.807, 2.05) is 0 Å². The average Bonchev–Trinajstić information content (AvgIpc) is 3.02. The van der Waals surface area contributed by atoms with Crippen LogP contribution in [-0.2, 0) is 14.8 Å². The zero-order chi connectivity index (χ0) is 20.5. The van der Waals surface area contributed by atoms with Gasteiger partial charge in [-0.2, -0.15) is 4.31 Å². The van der Waals surface area contributed by atoms with Crippen LogP contribution in [0.15, 0.2) is 47.4 Å². The van der Waals surface area contributed by atoms with Gasteiger partial charge in [-0.3, -0.25) is 9.59 Å². The number of hydrogen-bond acceptors (Lipinski definition) is 6. The van der Waals surface area contributed by atoms with Gasteiger partial charge in [-0.1, -0.05) is 35.1 Å². The third-order valence-electron chi connectivity index (χ3n) is 3.93. The van der Waals surface area contributed by atoms with Crippen LogP contribution in [0.25, 0.3) is 10.2 Å². The molecule has 146 valence electrons. The van der Waals surface area contributed by atoms with E-state index in [0.29, 0.717) is 21.2 Å². The smallest absolute Gasteiger partial charge is 0.243 e. The second kappa shape index (κ2) is 7.96. The molecule has 0 aliphatic heterocycles. The maximum atomic E-state index is 12.6. The summed E-state index contributed by atoms with van der Waals surface area (Å²) in [5.41, 5.74) is 1.10. The molecule has 0 unspecified atom stereocenters. The van der Waals surface area contributed by atoms with Crippen molar-refractivity contribution < 1.29 is 18.0 Å². The molecule has 0 atom stereocenters. The van der Waals surface area contributed by atoms with Crippen LogP contribution < -0.4 is 5.32 Å². The number of aromatic nitrogens is 1. The first-order chi connectivity index (χ1) is 13.2. The molecule has 1 N–H and O–H groups in total. The van der Waals surface area contributed by atoms with Crippen molar-refractivity contribution in [1.82, 2.24) is 9.29 Å². The van der Waals surface area contributed by atoms with E-state index < -0.39 is 15.9 Å². The Balaban J connectivity index is 1.70. The molecule has 0 spiro atoms. The molecule has 10 heteroatoms. The van der Waals surface area contributed by atoms with E-state index in [2.05, 4.69) is 10.3 Å². The van der Waals surface area contributed by atoms with Crippen LogP contribution in [0.3, 0.4) is 0 Å². The predicted molar refractivity (Wildman–Crippen MR) is 110 cm³/mol. The fourth-order valence-corrected chi connectivity index (χ4v) is 4.72. The van der Waals surface area contributed by atoms with Crippen molar-refractivity contribution in [3.63, 3.8) is 0 Å². The summed E-state index contributed by atoms with van der Waals surface area (Å²) < 4.78 is 27.0. The maximum absolute atomic E-state index is 12.6. The topological polar surface area (TPSA) is 96.4 Å². The Hall–Kier alpha value is -2.33. The molecule has 2 aromatic carbocycles. The molecule has 0 fully saturated rings. The number of amides is 1. The van der Waals surface area contributed by atoms with Crippen molar-refractivity contribution in [3.05, 3.63) is 53.1 Å². The highest BCUT2D eigenvalue weighted by atomic mass is 35.5. The highest BCUT2D eigenvalue weighted by molar-refractivity contribution is 7.89. The highest BCUT2D eigenvalue weighted by Gasteiger charge is 2.23. The van der Waals surface area contributed by atoms with Crippen LogP contribution in [0.2, 0.25) is 5.02 Å². The third kappa shape index (κ3) is 4.39. The fraction of sp³-hybridized carbons (Fsp3) is 0.167. The minimum absolute atomic E-state index is 0.00225. The Labute approximate surface area is 171 Å². The van der Waals surface area contributed by atoms with Crippen LogP contribution in [0.5, 0.6) is 0 Å². The minimum atomic E-state index is -3.87. The lowest BCUT2D eigenvalue weighted by Crippen LogP contribution is -2.34. The first kappa shape index (κ1) is 20.4. The van der Waals surface area contributed by atoms with Crippen LogP contribution in [-0.4, -0.2) is 43.0 Å². The van der Waals surface area contributed by atoms with Crippen LogP contribution in [0.1, 0.15) is 17.3 Å². The van der Waals surface area contributed by atoms with Gasteiger partial charge in [0.1, 0.15) is 0 Å². The van der Waals surface area contributed by atoms with Gasteiger partial charge in [0.2, 0.25) is 15.9 Å².